The standard InChI is InChI=1S/C13H16N2O/c1-4-11-9-14-15(13(11)16-3)12-7-5-6-10(2)8-12/h5-9H,4H2,1-3H3. The molecule has 0 aliphatic heterocycles. The zero-order chi connectivity index (χ0) is 11.5. The van der Waals surface area contributed by atoms with Gasteiger partial charge in [0.05, 0.1) is 19.0 Å². The summed E-state index contributed by atoms with van der Waals surface area (Å²) in [6, 6.07) is 8.22. The zero-order valence-corrected chi connectivity index (χ0v) is 9.90. The van der Waals surface area contributed by atoms with E-state index in [0.717, 1.165) is 23.6 Å². The van der Waals surface area contributed by atoms with Crippen LogP contribution >= 0.6 is 0 Å². The van der Waals surface area contributed by atoms with E-state index in [-0.39, 0.29) is 0 Å². The molecular formula is C13H16N2O. The lowest BCUT2D eigenvalue weighted by Gasteiger charge is -2.08. The molecule has 0 amide bonds. The van der Waals surface area contributed by atoms with Gasteiger partial charge in [-0.2, -0.15) is 5.10 Å². The molecule has 84 valence electrons. The first-order valence-corrected chi connectivity index (χ1v) is 5.44. The molecule has 0 unspecified atom stereocenters. The number of ether oxygens (including phenoxy) is 1. The Labute approximate surface area is 95.7 Å². The van der Waals surface area contributed by atoms with Crippen molar-refractivity contribution in [1.29, 1.82) is 0 Å². The highest BCUT2D eigenvalue weighted by molar-refractivity contribution is 5.40. The monoisotopic (exact) mass is 216 g/mol. The molecule has 0 fully saturated rings. The summed E-state index contributed by atoms with van der Waals surface area (Å²) in [4.78, 5) is 0. The maximum atomic E-state index is 5.40. The van der Waals surface area contributed by atoms with E-state index >= 15 is 0 Å². The van der Waals surface area contributed by atoms with Crippen molar-refractivity contribution in [2.24, 2.45) is 0 Å². The third-order valence-corrected chi connectivity index (χ3v) is 2.62. The predicted molar refractivity (Wildman–Crippen MR) is 64.2 cm³/mol. The summed E-state index contributed by atoms with van der Waals surface area (Å²) in [5.41, 5.74) is 3.38. The van der Waals surface area contributed by atoms with Gasteiger partial charge in [-0.25, -0.2) is 4.68 Å². The fourth-order valence-corrected chi connectivity index (χ4v) is 1.77. The van der Waals surface area contributed by atoms with Crippen molar-refractivity contribution in [1.82, 2.24) is 9.78 Å². The van der Waals surface area contributed by atoms with Gasteiger partial charge in [-0.1, -0.05) is 19.1 Å². The first-order valence-electron chi connectivity index (χ1n) is 5.44. The molecule has 1 heterocycles. The van der Waals surface area contributed by atoms with Gasteiger partial charge in [0, 0.05) is 5.56 Å². The van der Waals surface area contributed by atoms with Crippen molar-refractivity contribution >= 4 is 0 Å². The highest BCUT2D eigenvalue weighted by Crippen LogP contribution is 2.22. The van der Waals surface area contributed by atoms with Gasteiger partial charge in [0.1, 0.15) is 0 Å². The van der Waals surface area contributed by atoms with E-state index in [0.29, 0.717) is 0 Å². The minimum atomic E-state index is 0.827. The van der Waals surface area contributed by atoms with Crippen LogP contribution in [0.1, 0.15) is 18.1 Å². The Morgan fingerprint density at radius 3 is 2.81 bits per heavy atom. The van der Waals surface area contributed by atoms with Crippen LogP contribution in [0, 0.1) is 6.92 Å². The summed E-state index contributed by atoms with van der Waals surface area (Å²) in [5.74, 6) is 0.827. The van der Waals surface area contributed by atoms with Gasteiger partial charge >= 0.3 is 0 Å². The first kappa shape index (κ1) is 10.7. The van der Waals surface area contributed by atoms with Gasteiger partial charge in [-0.3, -0.25) is 0 Å². The summed E-state index contributed by atoms with van der Waals surface area (Å²) in [6.07, 6.45) is 2.79. The summed E-state index contributed by atoms with van der Waals surface area (Å²) in [7, 11) is 1.68. The molecule has 0 spiro atoms. The van der Waals surface area contributed by atoms with E-state index in [2.05, 4.69) is 31.1 Å². The van der Waals surface area contributed by atoms with Gasteiger partial charge in [0.25, 0.3) is 0 Å². The molecule has 3 heteroatoms. The minimum absolute atomic E-state index is 0.827. The van der Waals surface area contributed by atoms with Crippen molar-refractivity contribution < 1.29 is 4.74 Å². The molecule has 2 aromatic rings. The number of rotatable bonds is 3. The summed E-state index contributed by atoms with van der Waals surface area (Å²) in [5, 5.41) is 4.36. The fraction of sp³-hybridized carbons (Fsp3) is 0.308. The number of methoxy groups -OCH3 is 1. The lowest BCUT2D eigenvalue weighted by atomic mass is 10.2. The summed E-state index contributed by atoms with van der Waals surface area (Å²) < 4.78 is 7.24. The summed E-state index contributed by atoms with van der Waals surface area (Å²) >= 11 is 0. The molecule has 1 aromatic heterocycles. The van der Waals surface area contributed by atoms with Crippen LogP contribution in [0.3, 0.4) is 0 Å². The Bertz CT molecular complexity index is 488. The number of hydrogen-bond donors (Lipinski definition) is 0. The van der Waals surface area contributed by atoms with E-state index in [1.165, 1.54) is 5.56 Å². The van der Waals surface area contributed by atoms with Gasteiger partial charge in [-0.05, 0) is 31.0 Å². The van der Waals surface area contributed by atoms with Crippen molar-refractivity contribution in [3.8, 4) is 11.6 Å². The van der Waals surface area contributed by atoms with Crippen LogP contribution in [0.4, 0.5) is 0 Å². The van der Waals surface area contributed by atoms with E-state index in [1.807, 2.05) is 23.0 Å². The predicted octanol–water partition coefficient (Wildman–Crippen LogP) is 2.75. The molecule has 0 radical (unpaired) electrons. The Balaban J connectivity index is 2.51. The third-order valence-electron chi connectivity index (χ3n) is 2.62. The molecule has 0 N–H and O–H groups in total. The normalized spacial score (nSPS) is 10.4. The maximum absolute atomic E-state index is 5.40. The molecule has 0 bridgehead atoms. The number of benzene rings is 1. The van der Waals surface area contributed by atoms with Gasteiger partial charge < -0.3 is 4.74 Å². The van der Waals surface area contributed by atoms with E-state index < -0.39 is 0 Å². The highest BCUT2D eigenvalue weighted by atomic mass is 16.5. The molecule has 0 saturated carbocycles. The smallest absolute Gasteiger partial charge is 0.219 e. The molecule has 3 nitrogen and oxygen atoms in total. The largest absolute Gasteiger partial charge is 0.481 e. The third kappa shape index (κ3) is 1.81. The Hall–Kier alpha value is -1.77. The van der Waals surface area contributed by atoms with Crippen molar-refractivity contribution in [3.63, 3.8) is 0 Å². The number of hydrogen-bond acceptors (Lipinski definition) is 2. The van der Waals surface area contributed by atoms with E-state index in [9.17, 15) is 0 Å². The van der Waals surface area contributed by atoms with Crippen LogP contribution in [0.15, 0.2) is 30.5 Å². The van der Waals surface area contributed by atoms with Crippen LogP contribution in [0.2, 0.25) is 0 Å². The van der Waals surface area contributed by atoms with E-state index in [4.69, 9.17) is 4.74 Å². The quantitative estimate of drug-likeness (QED) is 0.788. The second-order valence-electron chi connectivity index (χ2n) is 3.78. The number of nitrogens with zero attached hydrogens (tertiary/aromatic N) is 2. The summed E-state index contributed by atoms with van der Waals surface area (Å²) in [6.45, 7) is 4.17. The molecule has 16 heavy (non-hydrogen) atoms. The van der Waals surface area contributed by atoms with Crippen LogP contribution in [0.25, 0.3) is 5.69 Å². The first-order chi connectivity index (χ1) is 7.76. The molecule has 0 aliphatic carbocycles. The topological polar surface area (TPSA) is 27.1 Å². The molecule has 0 atom stereocenters. The molecule has 1 aromatic carbocycles. The van der Waals surface area contributed by atoms with Gasteiger partial charge in [0.15, 0.2) is 0 Å². The molecule has 0 saturated heterocycles. The van der Waals surface area contributed by atoms with Gasteiger partial charge in [0.2, 0.25) is 5.88 Å². The van der Waals surface area contributed by atoms with Crippen LogP contribution in [-0.2, 0) is 6.42 Å². The van der Waals surface area contributed by atoms with E-state index in [1.54, 1.807) is 7.11 Å². The van der Waals surface area contributed by atoms with Gasteiger partial charge in [-0.15, -0.1) is 0 Å². The average Bonchev–Trinajstić information content (AvgIpc) is 2.71. The Morgan fingerprint density at radius 1 is 1.38 bits per heavy atom. The average molecular weight is 216 g/mol. The highest BCUT2D eigenvalue weighted by Gasteiger charge is 2.10. The molecule has 0 aliphatic rings. The minimum Gasteiger partial charge on any atom is -0.481 e. The second kappa shape index (κ2) is 4.39. The number of aromatic nitrogens is 2. The van der Waals surface area contributed by atoms with Crippen LogP contribution < -0.4 is 4.74 Å². The molecule has 2 rings (SSSR count). The van der Waals surface area contributed by atoms with Crippen LogP contribution in [0.5, 0.6) is 5.88 Å². The maximum Gasteiger partial charge on any atom is 0.219 e. The van der Waals surface area contributed by atoms with Crippen molar-refractivity contribution in [2.75, 3.05) is 7.11 Å². The lowest BCUT2D eigenvalue weighted by molar-refractivity contribution is 0.379. The van der Waals surface area contributed by atoms with Crippen molar-refractivity contribution in [3.05, 3.63) is 41.6 Å². The van der Waals surface area contributed by atoms with Crippen LogP contribution in [-0.4, -0.2) is 16.9 Å². The Morgan fingerprint density at radius 2 is 2.19 bits per heavy atom. The Kier molecular flexibility index (Phi) is 2.95. The molecular weight excluding hydrogens is 200 g/mol. The van der Waals surface area contributed by atoms with Crippen molar-refractivity contribution in [2.45, 2.75) is 20.3 Å². The fourth-order valence-electron chi connectivity index (χ4n) is 1.77. The SMILES string of the molecule is CCc1cnn(-c2cccc(C)c2)c1OC. The number of aryl methyl sites for hydroxylation is 2. The second-order valence-corrected chi connectivity index (χ2v) is 3.78. The lowest BCUT2D eigenvalue weighted by Crippen LogP contribution is -2.00. The zero-order valence-electron chi connectivity index (χ0n) is 9.90.